The van der Waals surface area contributed by atoms with Crippen molar-refractivity contribution in [1.29, 1.82) is 0 Å². The van der Waals surface area contributed by atoms with E-state index in [0.717, 1.165) is 18.1 Å². The lowest BCUT2D eigenvalue weighted by Crippen LogP contribution is -2.23. The second kappa shape index (κ2) is 6.20. The lowest BCUT2D eigenvalue weighted by atomic mass is 10.3. The van der Waals surface area contributed by atoms with Crippen LogP contribution < -0.4 is 5.32 Å². The first-order valence-electron chi connectivity index (χ1n) is 5.40. The molecule has 4 heteroatoms. The van der Waals surface area contributed by atoms with Crippen molar-refractivity contribution >= 4 is 11.3 Å². The minimum Gasteiger partial charge on any atom is -0.309 e. The topological polar surface area (TPSA) is 28.2 Å². The molecule has 1 rings (SSSR count). The highest BCUT2D eigenvalue weighted by atomic mass is 32.1. The molecule has 0 aliphatic rings. The Morgan fingerprint density at radius 2 is 2.27 bits per heavy atom. The summed E-state index contributed by atoms with van der Waals surface area (Å²) in [7, 11) is 4.21. The van der Waals surface area contributed by atoms with Crippen LogP contribution in [0.25, 0.3) is 0 Å². The van der Waals surface area contributed by atoms with E-state index in [0.29, 0.717) is 6.04 Å². The van der Waals surface area contributed by atoms with Gasteiger partial charge >= 0.3 is 0 Å². The Morgan fingerprint density at radius 3 is 2.80 bits per heavy atom. The van der Waals surface area contributed by atoms with Gasteiger partial charge in [0.25, 0.3) is 0 Å². The van der Waals surface area contributed by atoms with Crippen LogP contribution in [-0.2, 0) is 0 Å². The first-order valence-corrected chi connectivity index (χ1v) is 6.21. The third-order valence-electron chi connectivity index (χ3n) is 2.30. The number of nitrogens with one attached hydrogen (secondary N) is 1. The zero-order valence-electron chi connectivity index (χ0n) is 10.1. The summed E-state index contributed by atoms with van der Waals surface area (Å²) in [6.45, 7) is 6.45. The molecule has 0 spiro atoms. The summed E-state index contributed by atoms with van der Waals surface area (Å²) in [6.07, 6.45) is 3.17. The van der Waals surface area contributed by atoms with E-state index in [-0.39, 0.29) is 0 Å². The molecule has 1 aromatic heterocycles. The van der Waals surface area contributed by atoms with Gasteiger partial charge in [-0.25, -0.2) is 4.98 Å². The van der Waals surface area contributed by atoms with Crippen molar-refractivity contribution < 1.29 is 0 Å². The van der Waals surface area contributed by atoms with Crippen LogP contribution in [0.4, 0.5) is 0 Å². The third-order valence-corrected chi connectivity index (χ3v) is 3.39. The number of nitrogens with zero attached hydrogens (tertiary/aromatic N) is 2. The highest BCUT2D eigenvalue weighted by Gasteiger charge is 2.06. The summed E-state index contributed by atoms with van der Waals surface area (Å²) >= 11 is 1.78. The molecule has 1 aromatic rings. The molecule has 0 bridgehead atoms. The van der Waals surface area contributed by atoms with Gasteiger partial charge in [-0.15, -0.1) is 11.3 Å². The fourth-order valence-electron chi connectivity index (χ4n) is 1.39. The summed E-state index contributed by atoms with van der Waals surface area (Å²) < 4.78 is 0. The molecule has 1 unspecified atom stereocenters. The maximum Gasteiger partial charge on any atom is 0.0897 e. The zero-order chi connectivity index (χ0) is 11.3. The van der Waals surface area contributed by atoms with Crippen LogP contribution >= 0.6 is 11.3 Å². The van der Waals surface area contributed by atoms with E-state index >= 15 is 0 Å². The Kier molecular flexibility index (Phi) is 5.22. The Hall–Kier alpha value is -0.450. The van der Waals surface area contributed by atoms with Crippen molar-refractivity contribution in [3.63, 3.8) is 0 Å². The fraction of sp³-hybridized carbons (Fsp3) is 0.727. The molecular formula is C11H21N3S. The van der Waals surface area contributed by atoms with Crippen molar-refractivity contribution in [3.8, 4) is 0 Å². The van der Waals surface area contributed by atoms with Crippen LogP contribution in [0, 0.1) is 6.92 Å². The number of rotatable bonds is 6. The van der Waals surface area contributed by atoms with E-state index in [2.05, 4.69) is 36.2 Å². The molecular weight excluding hydrogens is 206 g/mol. The van der Waals surface area contributed by atoms with Gasteiger partial charge in [0, 0.05) is 17.1 Å². The van der Waals surface area contributed by atoms with Gasteiger partial charge in [-0.05, 0) is 47.5 Å². The van der Waals surface area contributed by atoms with Crippen LogP contribution in [0.5, 0.6) is 0 Å². The summed E-state index contributed by atoms with van der Waals surface area (Å²) in [5.74, 6) is 0. The highest BCUT2D eigenvalue weighted by Crippen LogP contribution is 2.19. The molecule has 0 radical (unpaired) electrons. The predicted octanol–water partition coefficient (Wildman–Crippen LogP) is 2.05. The van der Waals surface area contributed by atoms with E-state index < -0.39 is 0 Å². The van der Waals surface area contributed by atoms with E-state index in [4.69, 9.17) is 0 Å². The standard InChI is InChI=1S/C11H21N3S/c1-9(11-8-13-10(2)15-11)12-6-5-7-14(3)4/h8-9,12H,5-7H2,1-4H3. The van der Waals surface area contributed by atoms with Crippen molar-refractivity contribution in [2.24, 2.45) is 0 Å². The SMILES string of the molecule is Cc1ncc(C(C)NCCCN(C)C)s1. The highest BCUT2D eigenvalue weighted by molar-refractivity contribution is 7.11. The molecule has 0 fully saturated rings. The lowest BCUT2D eigenvalue weighted by molar-refractivity contribution is 0.389. The number of aromatic nitrogens is 1. The molecule has 0 saturated heterocycles. The zero-order valence-corrected chi connectivity index (χ0v) is 10.9. The first-order chi connectivity index (χ1) is 7.09. The maximum atomic E-state index is 4.26. The molecule has 1 atom stereocenters. The van der Waals surface area contributed by atoms with E-state index in [9.17, 15) is 0 Å². The molecule has 0 aromatic carbocycles. The van der Waals surface area contributed by atoms with Gasteiger partial charge in [0.05, 0.1) is 5.01 Å². The van der Waals surface area contributed by atoms with E-state index in [1.807, 2.05) is 13.1 Å². The van der Waals surface area contributed by atoms with Gasteiger partial charge in [0.15, 0.2) is 0 Å². The Morgan fingerprint density at radius 1 is 1.53 bits per heavy atom. The second-order valence-corrected chi connectivity index (χ2v) is 5.38. The summed E-state index contributed by atoms with van der Waals surface area (Å²) in [4.78, 5) is 7.81. The van der Waals surface area contributed by atoms with Crippen LogP contribution in [0.15, 0.2) is 6.20 Å². The normalized spacial score (nSPS) is 13.4. The van der Waals surface area contributed by atoms with Crippen LogP contribution in [0.3, 0.4) is 0 Å². The minimum absolute atomic E-state index is 0.429. The molecule has 3 nitrogen and oxygen atoms in total. The Balaban J connectivity index is 2.21. The molecule has 0 aliphatic heterocycles. The number of aryl methyl sites for hydroxylation is 1. The maximum absolute atomic E-state index is 4.26. The number of thiazole rings is 1. The quantitative estimate of drug-likeness (QED) is 0.754. The van der Waals surface area contributed by atoms with Gasteiger partial charge in [-0.1, -0.05) is 0 Å². The van der Waals surface area contributed by atoms with Gasteiger partial charge in [0.2, 0.25) is 0 Å². The molecule has 1 heterocycles. The fourth-order valence-corrected chi connectivity index (χ4v) is 2.20. The molecule has 0 saturated carbocycles. The Bertz CT molecular complexity index is 283. The summed E-state index contributed by atoms with van der Waals surface area (Å²) in [5, 5.41) is 4.66. The lowest BCUT2D eigenvalue weighted by Gasteiger charge is -2.13. The molecule has 1 N–H and O–H groups in total. The van der Waals surface area contributed by atoms with Crippen LogP contribution in [0.2, 0.25) is 0 Å². The monoisotopic (exact) mass is 227 g/mol. The van der Waals surface area contributed by atoms with Gasteiger partial charge in [0.1, 0.15) is 0 Å². The summed E-state index contributed by atoms with van der Waals surface area (Å²) in [6, 6.07) is 0.429. The van der Waals surface area contributed by atoms with E-state index in [1.165, 1.54) is 11.3 Å². The first kappa shape index (κ1) is 12.6. The van der Waals surface area contributed by atoms with Gasteiger partial charge < -0.3 is 10.2 Å². The molecule has 0 aliphatic carbocycles. The van der Waals surface area contributed by atoms with Crippen molar-refractivity contribution in [2.75, 3.05) is 27.2 Å². The van der Waals surface area contributed by atoms with Crippen molar-refractivity contribution in [1.82, 2.24) is 15.2 Å². The third kappa shape index (κ3) is 4.73. The van der Waals surface area contributed by atoms with Crippen LogP contribution in [0.1, 0.15) is 29.3 Å². The predicted molar refractivity (Wildman–Crippen MR) is 66.4 cm³/mol. The largest absolute Gasteiger partial charge is 0.309 e. The molecule has 86 valence electrons. The average molecular weight is 227 g/mol. The number of hydrogen-bond donors (Lipinski definition) is 1. The minimum atomic E-state index is 0.429. The van der Waals surface area contributed by atoms with E-state index in [1.54, 1.807) is 11.3 Å². The smallest absolute Gasteiger partial charge is 0.0897 e. The van der Waals surface area contributed by atoms with Crippen molar-refractivity contribution in [3.05, 3.63) is 16.1 Å². The molecule has 15 heavy (non-hydrogen) atoms. The second-order valence-electron chi connectivity index (χ2n) is 4.11. The Labute approximate surface area is 96.5 Å². The van der Waals surface area contributed by atoms with Gasteiger partial charge in [-0.2, -0.15) is 0 Å². The summed E-state index contributed by atoms with van der Waals surface area (Å²) in [5.41, 5.74) is 0. The average Bonchev–Trinajstić information content (AvgIpc) is 2.59. The van der Waals surface area contributed by atoms with Crippen LogP contribution in [-0.4, -0.2) is 37.1 Å². The van der Waals surface area contributed by atoms with Crippen molar-refractivity contribution in [2.45, 2.75) is 26.3 Å². The number of hydrogen-bond acceptors (Lipinski definition) is 4. The van der Waals surface area contributed by atoms with Gasteiger partial charge in [-0.3, -0.25) is 0 Å². The molecule has 0 amide bonds.